The molecule has 15 heavy (non-hydrogen) atoms. The zero-order chi connectivity index (χ0) is 10.8. The molecule has 0 aliphatic carbocycles. The van der Waals surface area contributed by atoms with Gasteiger partial charge in [-0.15, -0.1) is 0 Å². The minimum atomic E-state index is 0.266. The predicted molar refractivity (Wildman–Crippen MR) is 58.9 cm³/mol. The van der Waals surface area contributed by atoms with Gasteiger partial charge in [0, 0.05) is 37.8 Å². The highest BCUT2D eigenvalue weighted by molar-refractivity contribution is 4.91. The summed E-state index contributed by atoms with van der Waals surface area (Å²) in [6.07, 6.45) is 0. The van der Waals surface area contributed by atoms with Crippen LogP contribution in [-0.2, 0) is 4.74 Å². The van der Waals surface area contributed by atoms with Gasteiger partial charge in [-0.2, -0.15) is 0 Å². The van der Waals surface area contributed by atoms with Crippen LogP contribution in [0.1, 0.15) is 13.8 Å². The average Bonchev–Trinajstić information content (AvgIpc) is 2.27. The van der Waals surface area contributed by atoms with Gasteiger partial charge in [-0.3, -0.25) is 9.80 Å². The van der Waals surface area contributed by atoms with Crippen molar-refractivity contribution >= 4 is 0 Å². The fraction of sp³-hybridized carbons (Fsp3) is 1.00. The summed E-state index contributed by atoms with van der Waals surface area (Å²) in [6.45, 7) is 9.39. The highest BCUT2D eigenvalue weighted by atomic mass is 16.5. The van der Waals surface area contributed by atoms with E-state index in [2.05, 4.69) is 23.6 Å². The molecule has 2 unspecified atom stereocenters. The molecule has 0 saturated carbocycles. The number of rotatable bonds is 2. The molecular formula is C11H22N2O2. The van der Waals surface area contributed by atoms with Crippen LogP contribution in [0.3, 0.4) is 0 Å². The number of ether oxygens (including phenoxy) is 1. The average molecular weight is 214 g/mol. The van der Waals surface area contributed by atoms with E-state index in [-0.39, 0.29) is 6.61 Å². The van der Waals surface area contributed by atoms with Crippen molar-refractivity contribution in [3.63, 3.8) is 0 Å². The Kier molecular flexibility index (Phi) is 3.61. The second kappa shape index (κ2) is 4.78. The summed E-state index contributed by atoms with van der Waals surface area (Å²) < 4.78 is 5.51. The van der Waals surface area contributed by atoms with Crippen molar-refractivity contribution in [2.75, 3.05) is 39.5 Å². The number of aliphatic hydroxyl groups excluding tert-OH is 1. The van der Waals surface area contributed by atoms with Gasteiger partial charge < -0.3 is 9.84 Å². The standard InChI is InChI=1S/C11H22N2O2/c1-9(2)13-6-11-8-15-4-3-12(11)5-10(13)7-14/h9-11,14H,3-8H2,1-2H3. The summed E-state index contributed by atoms with van der Waals surface area (Å²) in [5.74, 6) is 0. The van der Waals surface area contributed by atoms with Crippen molar-refractivity contribution < 1.29 is 9.84 Å². The molecule has 2 aliphatic rings. The summed E-state index contributed by atoms with van der Waals surface area (Å²) in [4.78, 5) is 4.86. The number of hydrogen-bond donors (Lipinski definition) is 1. The molecule has 2 saturated heterocycles. The molecule has 2 rings (SSSR count). The van der Waals surface area contributed by atoms with Crippen molar-refractivity contribution in [1.82, 2.24) is 9.80 Å². The molecule has 0 spiro atoms. The van der Waals surface area contributed by atoms with Crippen LogP contribution >= 0.6 is 0 Å². The van der Waals surface area contributed by atoms with Gasteiger partial charge in [0.2, 0.25) is 0 Å². The highest BCUT2D eigenvalue weighted by Crippen LogP contribution is 2.20. The third-order valence-corrected chi connectivity index (χ3v) is 3.56. The van der Waals surface area contributed by atoms with E-state index in [4.69, 9.17) is 4.74 Å². The predicted octanol–water partition coefficient (Wildman–Crippen LogP) is -0.228. The Morgan fingerprint density at radius 2 is 2.20 bits per heavy atom. The van der Waals surface area contributed by atoms with Gasteiger partial charge in [-0.1, -0.05) is 0 Å². The minimum absolute atomic E-state index is 0.266. The van der Waals surface area contributed by atoms with Gasteiger partial charge >= 0.3 is 0 Å². The van der Waals surface area contributed by atoms with E-state index in [1.54, 1.807) is 0 Å². The van der Waals surface area contributed by atoms with E-state index in [9.17, 15) is 5.11 Å². The molecule has 4 heteroatoms. The van der Waals surface area contributed by atoms with E-state index >= 15 is 0 Å². The monoisotopic (exact) mass is 214 g/mol. The summed E-state index contributed by atoms with van der Waals surface area (Å²) in [6, 6.07) is 1.34. The fourth-order valence-corrected chi connectivity index (χ4v) is 2.66. The molecule has 0 aromatic rings. The smallest absolute Gasteiger partial charge is 0.0634 e. The molecule has 0 radical (unpaired) electrons. The van der Waals surface area contributed by atoms with E-state index < -0.39 is 0 Å². The lowest BCUT2D eigenvalue weighted by molar-refractivity contribution is -0.0796. The topological polar surface area (TPSA) is 35.9 Å². The van der Waals surface area contributed by atoms with E-state index in [1.807, 2.05) is 0 Å². The number of hydrogen-bond acceptors (Lipinski definition) is 4. The highest BCUT2D eigenvalue weighted by Gasteiger charge is 2.35. The summed E-state index contributed by atoms with van der Waals surface area (Å²) >= 11 is 0. The van der Waals surface area contributed by atoms with Crippen molar-refractivity contribution in [3.8, 4) is 0 Å². The second-order valence-corrected chi connectivity index (χ2v) is 4.85. The first-order valence-corrected chi connectivity index (χ1v) is 5.90. The molecule has 0 aromatic carbocycles. The number of nitrogens with zero attached hydrogens (tertiary/aromatic N) is 2. The van der Waals surface area contributed by atoms with Gasteiger partial charge in [0.1, 0.15) is 0 Å². The van der Waals surface area contributed by atoms with Crippen LogP contribution in [0, 0.1) is 0 Å². The Morgan fingerprint density at radius 1 is 1.40 bits per heavy atom. The number of morpholine rings is 1. The van der Waals surface area contributed by atoms with Crippen LogP contribution < -0.4 is 0 Å². The quantitative estimate of drug-likeness (QED) is 0.689. The molecule has 2 heterocycles. The lowest BCUT2D eigenvalue weighted by Crippen LogP contribution is -2.64. The molecule has 2 atom stereocenters. The van der Waals surface area contributed by atoms with Gasteiger partial charge in [0.25, 0.3) is 0 Å². The Morgan fingerprint density at radius 3 is 2.87 bits per heavy atom. The lowest BCUT2D eigenvalue weighted by atomic mass is 10.0. The van der Waals surface area contributed by atoms with Crippen LogP contribution in [0.5, 0.6) is 0 Å². The van der Waals surface area contributed by atoms with Crippen LogP contribution in [0.4, 0.5) is 0 Å². The fourth-order valence-electron chi connectivity index (χ4n) is 2.66. The minimum Gasteiger partial charge on any atom is -0.395 e. The third kappa shape index (κ3) is 2.33. The molecule has 4 nitrogen and oxygen atoms in total. The van der Waals surface area contributed by atoms with Crippen molar-refractivity contribution in [2.45, 2.75) is 32.0 Å². The SMILES string of the molecule is CC(C)N1CC2COCCN2CC1CO. The molecular weight excluding hydrogens is 192 g/mol. The Labute approximate surface area is 91.8 Å². The van der Waals surface area contributed by atoms with Gasteiger partial charge in [0.15, 0.2) is 0 Å². The molecule has 1 N–H and O–H groups in total. The zero-order valence-electron chi connectivity index (χ0n) is 9.72. The molecule has 0 bridgehead atoms. The first-order valence-electron chi connectivity index (χ1n) is 5.90. The summed E-state index contributed by atoms with van der Waals surface area (Å²) in [7, 11) is 0. The summed E-state index contributed by atoms with van der Waals surface area (Å²) in [5, 5.41) is 9.40. The van der Waals surface area contributed by atoms with Gasteiger partial charge in [-0.25, -0.2) is 0 Å². The van der Waals surface area contributed by atoms with Crippen LogP contribution in [0.25, 0.3) is 0 Å². The van der Waals surface area contributed by atoms with Crippen molar-refractivity contribution in [3.05, 3.63) is 0 Å². The van der Waals surface area contributed by atoms with Crippen LogP contribution in [-0.4, -0.2) is 72.5 Å². The van der Waals surface area contributed by atoms with Gasteiger partial charge in [0.05, 0.1) is 19.8 Å². The molecule has 2 aliphatic heterocycles. The molecule has 0 amide bonds. The van der Waals surface area contributed by atoms with Crippen molar-refractivity contribution in [2.24, 2.45) is 0 Å². The maximum absolute atomic E-state index is 9.40. The normalized spacial score (nSPS) is 34.4. The largest absolute Gasteiger partial charge is 0.395 e. The maximum atomic E-state index is 9.40. The number of fused-ring (bicyclic) bond motifs is 1. The first-order chi connectivity index (χ1) is 7.22. The molecule has 88 valence electrons. The van der Waals surface area contributed by atoms with Crippen molar-refractivity contribution in [1.29, 1.82) is 0 Å². The Hall–Kier alpha value is -0.160. The van der Waals surface area contributed by atoms with E-state index in [1.165, 1.54) is 0 Å². The van der Waals surface area contributed by atoms with E-state index in [0.29, 0.717) is 18.1 Å². The lowest BCUT2D eigenvalue weighted by Gasteiger charge is -2.49. The zero-order valence-corrected chi connectivity index (χ0v) is 9.72. The summed E-state index contributed by atoms with van der Waals surface area (Å²) in [5.41, 5.74) is 0. The van der Waals surface area contributed by atoms with Crippen LogP contribution in [0.2, 0.25) is 0 Å². The van der Waals surface area contributed by atoms with Gasteiger partial charge in [-0.05, 0) is 13.8 Å². The Balaban J connectivity index is 2.02. The van der Waals surface area contributed by atoms with Crippen LogP contribution in [0.15, 0.2) is 0 Å². The second-order valence-electron chi connectivity index (χ2n) is 4.85. The number of piperazine rings is 1. The van der Waals surface area contributed by atoms with E-state index in [0.717, 1.165) is 32.8 Å². The maximum Gasteiger partial charge on any atom is 0.0634 e. The Bertz CT molecular complexity index is 211. The third-order valence-electron chi connectivity index (χ3n) is 3.56. The number of aliphatic hydroxyl groups is 1. The molecule has 0 aromatic heterocycles. The first kappa shape index (κ1) is 11.3. The molecule has 2 fully saturated rings.